The number of amides is 1. The average Bonchev–Trinajstić information content (AvgIpc) is 3.00. The second-order valence-corrected chi connectivity index (χ2v) is 6.51. The Balaban J connectivity index is 2.03. The van der Waals surface area contributed by atoms with Gasteiger partial charge in [0.2, 0.25) is 5.91 Å². The smallest absolute Gasteiger partial charge is 0.226 e. The van der Waals surface area contributed by atoms with E-state index < -0.39 is 0 Å². The fourth-order valence-corrected chi connectivity index (χ4v) is 2.94. The minimum Gasteiger partial charge on any atom is -0.497 e. The number of thiazole rings is 1. The summed E-state index contributed by atoms with van der Waals surface area (Å²) < 4.78 is 5.22. The summed E-state index contributed by atoms with van der Waals surface area (Å²) in [5.74, 6) is 0.840. The Morgan fingerprint density at radius 1 is 1.43 bits per heavy atom. The van der Waals surface area contributed by atoms with E-state index in [2.05, 4.69) is 10.3 Å². The summed E-state index contributed by atoms with van der Waals surface area (Å²) in [6.07, 6.45) is 0.212. The molecule has 0 bridgehead atoms. The number of hydrogen-bond acceptors (Lipinski definition) is 5. The minimum atomic E-state index is -0.223. The molecule has 0 aliphatic heterocycles. The number of ether oxygens (including phenoxy) is 1. The number of aliphatic hydroxyl groups is 1. The first kappa shape index (κ1) is 17.4. The predicted molar refractivity (Wildman–Crippen MR) is 91.7 cm³/mol. The molecule has 0 unspecified atom stereocenters. The van der Waals surface area contributed by atoms with Crippen LogP contribution < -0.4 is 10.1 Å². The number of methoxy groups -OCH3 is 1. The van der Waals surface area contributed by atoms with Gasteiger partial charge in [-0.1, -0.05) is 26.0 Å². The number of hydrogen-bond donors (Lipinski definition) is 2. The lowest BCUT2D eigenvalue weighted by atomic mass is 10.1. The second-order valence-electron chi connectivity index (χ2n) is 5.65. The fourth-order valence-electron chi connectivity index (χ4n) is 2.12. The van der Waals surface area contributed by atoms with E-state index >= 15 is 0 Å². The van der Waals surface area contributed by atoms with Gasteiger partial charge in [0.15, 0.2) is 0 Å². The molecule has 1 heterocycles. The van der Waals surface area contributed by atoms with Gasteiger partial charge < -0.3 is 15.2 Å². The van der Waals surface area contributed by atoms with Crippen molar-refractivity contribution in [3.8, 4) is 16.3 Å². The zero-order chi connectivity index (χ0) is 16.8. The molecule has 124 valence electrons. The number of nitrogens with one attached hydrogen (secondary N) is 1. The Morgan fingerprint density at radius 2 is 2.22 bits per heavy atom. The van der Waals surface area contributed by atoms with Crippen molar-refractivity contribution < 1.29 is 14.6 Å². The van der Waals surface area contributed by atoms with Crippen LogP contribution in [0, 0.1) is 5.92 Å². The lowest BCUT2D eigenvalue weighted by Gasteiger charge is -2.19. The van der Waals surface area contributed by atoms with Crippen molar-refractivity contribution in [3.63, 3.8) is 0 Å². The maximum atomic E-state index is 12.1. The lowest BCUT2D eigenvalue weighted by molar-refractivity contribution is -0.121. The molecule has 0 aliphatic rings. The number of nitrogens with zero attached hydrogens (tertiary/aromatic N) is 1. The van der Waals surface area contributed by atoms with E-state index in [0.29, 0.717) is 0 Å². The van der Waals surface area contributed by atoms with Crippen LogP contribution in [0.3, 0.4) is 0 Å². The van der Waals surface area contributed by atoms with Gasteiger partial charge in [0, 0.05) is 10.9 Å². The summed E-state index contributed by atoms with van der Waals surface area (Å²) in [5, 5.41) is 14.9. The molecule has 0 radical (unpaired) electrons. The van der Waals surface area contributed by atoms with Crippen LogP contribution >= 0.6 is 11.3 Å². The maximum Gasteiger partial charge on any atom is 0.226 e. The zero-order valence-corrected chi connectivity index (χ0v) is 14.4. The van der Waals surface area contributed by atoms with E-state index in [0.717, 1.165) is 22.0 Å². The number of carbonyl (C=O) groups is 1. The van der Waals surface area contributed by atoms with Gasteiger partial charge in [-0.2, -0.15) is 0 Å². The van der Waals surface area contributed by atoms with Crippen molar-refractivity contribution in [2.45, 2.75) is 26.3 Å². The van der Waals surface area contributed by atoms with Gasteiger partial charge in [-0.05, 0) is 18.1 Å². The lowest BCUT2D eigenvalue weighted by Crippen LogP contribution is -2.41. The molecule has 6 heteroatoms. The Bertz CT molecular complexity index is 655. The van der Waals surface area contributed by atoms with Crippen LogP contribution in [-0.4, -0.2) is 35.8 Å². The molecule has 1 atom stereocenters. The standard InChI is InChI=1S/C17H22N2O3S/c1-11(2)15(9-20)19-16(21)8-13-10-23-17(18-13)12-5-4-6-14(7-12)22-3/h4-7,10-11,15,20H,8-9H2,1-3H3,(H,19,21)/t15-/m0/s1. The molecule has 2 N–H and O–H groups in total. The molecule has 2 aromatic rings. The second kappa shape index (κ2) is 8.08. The van der Waals surface area contributed by atoms with E-state index in [1.807, 2.05) is 43.5 Å². The Labute approximate surface area is 140 Å². The van der Waals surface area contributed by atoms with Gasteiger partial charge in [-0.15, -0.1) is 11.3 Å². The maximum absolute atomic E-state index is 12.1. The van der Waals surface area contributed by atoms with Crippen LogP contribution in [0.2, 0.25) is 0 Å². The van der Waals surface area contributed by atoms with Crippen LogP contribution in [0.4, 0.5) is 0 Å². The van der Waals surface area contributed by atoms with Crippen molar-refractivity contribution in [2.24, 2.45) is 5.92 Å². The molecule has 1 amide bonds. The van der Waals surface area contributed by atoms with E-state index in [1.165, 1.54) is 11.3 Å². The van der Waals surface area contributed by atoms with Gasteiger partial charge in [0.25, 0.3) is 0 Å². The van der Waals surface area contributed by atoms with E-state index in [-0.39, 0.29) is 30.9 Å². The van der Waals surface area contributed by atoms with E-state index in [9.17, 15) is 9.90 Å². The molecule has 0 saturated heterocycles. The SMILES string of the molecule is COc1cccc(-c2nc(CC(=O)N[C@@H](CO)C(C)C)cs2)c1. The van der Waals surface area contributed by atoms with Gasteiger partial charge in [0.1, 0.15) is 10.8 Å². The molecule has 1 aromatic carbocycles. The largest absolute Gasteiger partial charge is 0.497 e. The third-order valence-corrected chi connectivity index (χ3v) is 4.50. The monoisotopic (exact) mass is 334 g/mol. The molecular formula is C17H22N2O3S. The van der Waals surface area contributed by atoms with Crippen LogP contribution in [-0.2, 0) is 11.2 Å². The number of carbonyl (C=O) groups excluding carboxylic acids is 1. The van der Waals surface area contributed by atoms with E-state index in [4.69, 9.17) is 4.74 Å². The molecule has 2 rings (SSSR count). The van der Waals surface area contributed by atoms with Crippen LogP contribution in [0.15, 0.2) is 29.6 Å². The quantitative estimate of drug-likeness (QED) is 0.816. The molecular weight excluding hydrogens is 312 g/mol. The highest BCUT2D eigenvalue weighted by atomic mass is 32.1. The fraction of sp³-hybridized carbons (Fsp3) is 0.412. The Morgan fingerprint density at radius 3 is 2.87 bits per heavy atom. The molecule has 1 aromatic heterocycles. The highest BCUT2D eigenvalue weighted by Gasteiger charge is 2.16. The first-order valence-corrected chi connectivity index (χ1v) is 8.40. The third kappa shape index (κ3) is 4.77. The topological polar surface area (TPSA) is 71.5 Å². The first-order chi connectivity index (χ1) is 11.0. The highest BCUT2D eigenvalue weighted by Crippen LogP contribution is 2.27. The van der Waals surface area contributed by atoms with Gasteiger partial charge in [0.05, 0.1) is 31.9 Å². The highest BCUT2D eigenvalue weighted by molar-refractivity contribution is 7.13. The van der Waals surface area contributed by atoms with E-state index in [1.54, 1.807) is 7.11 Å². The van der Waals surface area contributed by atoms with Gasteiger partial charge >= 0.3 is 0 Å². The van der Waals surface area contributed by atoms with Gasteiger partial charge in [-0.25, -0.2) is 4.98 Å². The summed E-state index contributed by atoms with van der Waals surface area (Å²) in [5.41, 5.74) is 1.70. The third-order valence-electron chi connectivity index (χ3n) is 3.56. The van der Waals surface area contributed by atoms with Gasteiger partial charge in [-0.3, -0.25) is 4.79 Å². The van der Waals surface area contributed by atoms with Crippen molar-refractivity contribution in [2.75, 3.05) is 13.7 Å². The predicted octanol–water partition coefficient (Wildman–Crippen LogP) is 2.49. The van der Waals surface area contributed by atoms with Crippen LogP contribution in [0.25, 0.3) is 10.6 Å². The first-order valence-electron chi connectivity index (χ1n) is 7.52. The average molecular weight is 334 g/mol. The number of aliphatic hydroxyl groups excluding tert-OH is 1. The summed E-state index contributed by atoms with van der Waals surface area (Å²) in [7, 11) is 1.63. The summed E-state index contributed by atoms with van der Waals surface area (Å²) in [4.78, 5) is 16.6. The molecule has 23 heavy (non-hydrogen) atoms. The minimum absolute atomic E-state index is 0.0600. The van der Waals surface area contributed by atoms with Crippen LogP contribution in [0.1, 0.15) is 19.5 Å². The van der Waals surface area contributed by atoms with Crippen molar-refractivity contribution >= 4 is 17.2 Å². The summed E-state index contributed by atoms with van der Waals surface area (Å²) >= 11 is 1.50. The number of aromatic nitrogens is 1. The molecule has 0 aliphatic carbocycles. The van der Waals surface area contributed by atoms with Crippen molar-refractivity contribution in [3.05, 3.63) is 35.3 Å². The molecule has 5 nitrogen and oxygen atoms in total. The normalized spacial score (nSPS) is 12.2. The molecule has 0 fully saturated rings. The molecule has 0 spiro atoms. The molecule has 0 saturated carbocycles. The number of benzene rings is 1. The Hall–Kier alpha value is -1.92. The zero-order valence-electron chi connectivity index (χ0n) is 13.6. The van der Waals surface area contributed by atoms with Crippen molar-refractivity contribution in [1.82, 2.24) is 10.3 Å². The number of rotatable bonds is 7. The summed E-state index contributed by atoms with van der Waals surface area (Å²) in [6, 6.07) is 7.46. The Kier molecular flexibility index (Phi) is 6.12. The van der Waals surface area contributed by atoms with Crippen molar-refractivity contribution in [1.29, 1.82) is 0 Å². The summed E-state index contributed by atoms with van der Waals surface area (Å²) in [6.45, 7) is 3.87. The van der Waals surface area contributed by atoms with Crippen LogP contribution in [0.5, 0.6) is 5.75 Å².